The number of benzene rings is 1. The maximum atomic E-state index is 8.61. The van der Waals surface area contributed by atoms with Crippen molar-refractivity contribution in [3.63, 3.8) is 0 Å². The molecule has 1 N–H and O–H groups in total. The Morgan fingerprint density at radius 3 is 2.42 bits per heavy atom. The van der Waals surface area contributed by atoms with Gasteiger partial charge in [-0.05, 0) is 6.92 Å². The lowest BCUT2D eigenvalue weighted by Crippen LogP contribution is -2.01. The summed E-state index contributed by atoms with van der Waals surface area (Å²) in [5, 5.41) is 12.3. The molecule has 0 saturated heterocycles. The fraction of sp³-hybridized carbons (Fsp3) is 0.222. The van der Waals surface area contributed by atoms with E-state index in [-0.39, 0.29) is 0 Å². The third kappa shape index (κ3) is 2.08. The van der Waals surface area contributed by atoms with Crippen LogP contribution in [-0.2, 0) is 0 Å². The Bertz CT molecular complexity index is 279. The molecular formula is C9H10BrNO. The van der Waals surface area contributed by atoms with Crippen molar-refractivity contribution in [2.75, 3.05) is 5.33 Å². The van der Waals surface area contributed by atoms with Gasteiger partial charge in [-0.2, -0.15) is 0 Å². The lowest BCUT2D eigenvalue weighted by molar-refractivity contribution is 0.319. The van der Waals surface area contributed by atoms with Crippen LogP contribution in [0.4, 0.5) is 0 Å². The van der Waals surface area contributed by atoms with E-state index in [1.54, 1.807) is 0 Å². The van der Waals surface area contributed by atoms with Crippen LogP contribution in [0.15, 0.2) is 29.4 Å². The molecule has 2 nitrogen and oxygen atoms in total. The topological polar surface area (TPSA) is 32.6 Å². The Kier molecular flexibility index (Phi) is 3.29. The van der Waals surface area contributed by atoms with E-state index in [1.807, 2.05) is 31.2 Å². The van der Waals surface area contributed by atoms with Crippen molar-refractivity contribution in [2.24, 2.45) is 5.16 Å². The summed E-state index contributed by atoms with van der Waals surface area (Å²) in [5.74, 6) is 0. The zero-order valence-corrected chi connectivity index (χ0v) is 8.37. The summed E-state index contributed by atoms with van der Waals surface area (Å²) >= 11 is 3.24. The highest BCUT2D eigenvalue weighted by atomic mass is 79.9. The second-order valence-corrected chi connectivity index (χ2v) is 3.11. The van der Waals surface area contributed by atoms with Gasteiger partial charge < -0.3 is 5.21 Å². The number of hydrogen-bond acceptors (Lipinski definition) is 2. The SMILES string of the molecule is Cc1ccc(/C(CBr)=N/O)cc1. The number of alkyl halides is 1. The molecule has 0 aliphatic carbocycles. The van der Waals surface area contributed by atoms with Crippen LogP contribution in [0.5, 0.6) is 0 Å². The summed E-state index contributed by atoms with van der Waals surface area (Å²) < 4.78 is 0. The van der Waals surface area contributed by atoms with Gasteiger partial charge in [-0.1, -0.05) is 50.9 Å². The molecule has 0 radical (unpaired) electrons. The normalized spacial score (nSPS) is 11.7. The molecule has 0 heterocycles. The number of rotatable bonds is 2. The van der Waals surface area contributed by atoms with Gasteiger partial charge in [-0.25, -0.2) is 0 Å². The molecule has 3 heteroatoms. The molecule has 0 saturated carbocycles. The molecule has 0 aliphatic rings. The molecular weight excluding hydrogens is 218 g/mol. The summed E-state index contributed by atoms with van der Waals surface area (Å²) in [4.78, 5) is 0. The molecule has 1 aromatic carbocycles. The predicted molar refractivity (Wildman–Crippen MR) is 53.3 cm³/mol. The minimum atomic E-state index is 0.562. The molecule has 0 spiro atoms. The van der Waals surface area contributed by atoms with Crippen molar-refractivity contribution in [2.45, 2.75) is 6.92 Å². The van der Waals surface area contributed by atoms with Crippen molar-refractivity contribution in [1.82, 2.24) is 0 Å². The van der Waals surface area contributed by atoms with E-state index >= 15 is 0 Å². The van der Waals surface area contributed by atoms with E-state index in [1.165, 1.54) is 5.56 Å². The zero-order valence-electron chi connectivity index (χ0n) is 6.79. The summed E-state index contributed by atoms with van der Waals surface area (Å²) in [6, 6.07) is 7.85. The second kappa shape index (κ2) is 4.26. The van der Waals surface area contributed by atoms with E-state index in [4.69, 9.17) is 5.21 Å². The van der Waals surface area contributed by atoms with Gasteiger partial charge in [0.2, 0.25) is 0 Å². The molecule has 0 atom stereocenters. The molecule has 0 bridgehead atoms. The van der Waals surface area contributed by atoms with E-state index < -0.39 is 0 Å². The maximum absolute atomic E-state index is 8.61. The lowest BCUT2D eigenvalue weighted by Gasteiger charge is -2.00. The molecule has 1 aromatic rings. The summed E-state index contributed by atoms with van der Waals surface area (Å²) in [6.07, 6.45) is 0. The lowest BCUT2D eigenvalue weighted by atomic mass is 10.1. The number of nitrogens with zero attached hydrogens (tertiary/aromatic N) is 1. The van der Waals surface area contributed by atoms with E-state index in [0.29, 0.717) is 11.0 Å². The third-order valence-corrected chi connectivity index (χ3v) is 2.16. The highest BCUT2D eigenvalue weighted by molar-refractivity contribution is 9.09. The summed E-state index contributed by atoms with van der Waals surface area (Å²) in [5.41, 5.74) is 2.79. The summed E-state index contributed by atoms with van der Waals surface area (Å²) in [6.45, 7) is 2.02. The predicted octanol–water partition coefficient (Wildman–Crippen LogP) is 2.57. The Hall–Kier alpha value is -0.830. The van der Waals surface area contributed by atoms with Gasteiger partial charge in [0.1, 0.15) is 0 Å². The first-order valence-electron chi connectivity index (χ1n) is 3.62. The van der Waals surface area contributed by atoms with Gasteiger partial charge in [-0.15, -0.1) is 0 Å². The van der Waals surface area contributed by atoms with Gasteiger partial charge in [0.25, 0.3) is 0 Å². The highest BCUT2D eigenvalue weighted by Crippen LogP contribution is 2.06. The van der Waals surface area contributed by atoms with Crippen molar-refractivity contribution in [3.8, 4) is 0 Å². The molecule has 0 fully saturated rings. The first-order valence-corrected chi connectivity index (χ1v) is 4.74. The Morgan fingerprint density at radius 1 is 1.42 bits per heavy atom. The average Bonchev–Trinajstić information content (AvgIpc) is 2.10. The number of hydrogen-bond donors (Lipinski definition) is 1. The van der Waals surface area contributed by atoms with Gasteiger partial charge in [-0.3, -0.25) is 0 Å². The monoisotopic (exact) mass is 227 g/mol. The van der Waals surface area contributed by atoms with Crippen LogP contribution in [0.25, 0.3) is 0 Å². The van der Waals surface area contributed by atoms with Crippen LogP contribution < -0.4 is 0 Å². The fourth-order valence-electron chi connectivity index (χ4n) is 0.908. The first-order chi connectivity index (χ1) is 5.77. The minimum absolute atomic E-state index is 0.562. The molecule has 0 aliphatic heterocycles. The van der Waals surface area contributed by atoms with Crippen LogP contribution >= 0.6 is 15.9 Å². The van der Waals surface area contributed by atoms with Crippen LogP contribution in [-0.4, -0.2) is 16.2 Å². The molecule has 12 heavy (non-hydrogen) atoms. The van der Waals surface area contributed by atoms with Gasteiger partial charge in [0.15, 0.2) is 0 Å². The first kappa shape index (κ1) is 9.26. The van der Waals surface area contributed by atoms with E-state index in [0.717, 1.165) is 5.56 Å². The van der Waals surface area contributed by atoms with Crippen molar-refractivity contribution >= 4 is 21.6 Å². The minimum Gasteiger partial charge on any atom is -0.411 e. The van der Waals surface area contributed by atoms with E-state index in [9.17, 15) is 0 Å². The van der Waals surface area contributed by atoms with Crippen LogP contribution in [0, 0.1) is 6.92 Å². The Balaban J connectivity index is 2.96. The van der Waals surface area contributed by atoms with Gasteiger partial charge in [0.05, 0.1) is 5.71 Å². The fourth-order valence-corrected chi connectivity index (χ4v) is 1.34. The number of aryl methyl sites for hydroxylation is 1. The van der Waals surface area contributed by atoms with Crippen LogP contribution in [0.3, 0.4) is 0 Å². The maximum Gasteiger partial charge on any atom is 0.0973 e. The molecule has 0 aromatic heterocycles. The van der Waals surface area contributed by atoms with Gasteiger partial charge >= 0.3 is 0 Å². The largest absolute Gasteiger partial charge is 0.411 e. The number of halogens is 1. The van der Waals surface area contributed by atoms with Crippen LogP contribution in [0.1, 0.15) is 11.1 Å². The molecule has 0 unspecified atom stereocenters. The van der Waals surface area contributed by atoms with Crippen LogP contribution in [0.2, 0.25) is 0 Å². The van der Waals surface area contributed by atoms with Crippen molar-refractivity contribution < 1.29 is 5.21 Å². The van der Waals surface area contributed by atoms with Crippen molar-refractivity contribution in [3.05, 3.63) is 35.4 Å². The zero-order chi connectivity index (χ0) is 8.97. The quantitative estimate of drug-likeness (QED) is 0.359. The molecule has 64 valence electrons. The highest BCUT2D eigenvalue weighted by Gasteiger charge is 2.00. The molecule has 1 rings (SSSR count). The number of oxime groups is 1. The summed E-state index contributed by atoms with van der Waals surface area (Å²) in [7, 11) is 0. The average molecular weight is 228 g/mol. The smallest absolute Gasteiger partial charge is 0.0973 e. The van der Waals surface area contributed by atoms with Crippen molar-refractivity contribution in [1.29, 1.82) is 0 Å². The Morgan fingerprint density at radius 2 is 2.00 bits per heavy atom. The third-order valence-electron chi connectivity index (χ3n) is 1.63. The standard InChI is InChI=1S/C9H10BrNO/c1-7-2-4-8(5-3-7)9(6-10)11-12/h2-5,12H,6H2,1H3/b11-9+. The van der Waals surface area contributed by atoms with Gasteiger partial charge in [0, 0.05) is 10.9 Å². The van der Waals surface area contributed by atoms with E-state index in [2.05, 4.69) is 21.1 Å². The Labute approximate surface area is 80.0 Å². The second-order valence-electron chi connectivity index (χ2n) is 2.55. The molecule has 0 amide bonds.